The van der Waals surface area contributed by atoms with Crippen molar-refractivity contribution in [3.63, 3.8) is 0 Å². The van der Waals surface area contributed by atoms with E-state index in [1.807, 2.05) is 19.1 Å². The highest BCUT2D eigenvalue weighted by Gasteiger charge is 2.07. The lowest BCUT2D eigenvalue weighted by Crippen LogP contribution is -2.20. The number of phenolic OH excluding ortho intramolecular Hbond substituents is 1. The first kappa shape index (κ1) is 19.5. The van der Waals surface area contributed by atoms with Crippen LogP contribution in [0.2, 0.25) is 0 Å². The van der Waals surface area contributed by atoms with Crippen LogP contribution in [-0.2, 0) is 14.3 Å². The van der Waals surface area contributed by atoms with Gasteiger partial charge in [-0.2, -0.15) is 0 Å². The summed E-state index contributed by atoms with van der Waals surface area (Å²) in [6.07, 6.45) is 2.70. The van der Waals surface area contributed by atoms with Crippen LogP contribution < -0.4 is 10.1 Å². The van der Waals surface area contributed by atoms with Crippen LogP contribution in [0.3, 0.4) is 0 Å². The quantitative estimate of drug-likeness (QED) is 0.551. The molecular weight excluding hydrogens is 402 g/mol. The van der Waals surface area contributed by atoms with E-state index in [0.717, 1.165) is 10.0 Å². The molecule has 1 amide bonds. The van der Waals surface area contributed by atoms with Crippen molar-refractivity contribution in [2.45, 2.75) is 6.92 Å². The van der Waals surface area contributed by atoms with Gasteiger partial charge in [0.1, 0.15) is 0 Å². The lowest BCUT2D eigenvalue weighted by Gasteiger charge is -2.07. The monoisotopic (exact) mass is 419 g/mol. The molecule has 6 nitrogen and oxygen atoms in total. The van der Waals surface area contributed by atoms with Crippen LogP contribution in [0.4, 0.5) is 5.69 Å². The maximum Gasteiger partial charge on any atom is 0.331 e. The Morgan fingerprint density at radius 1 is 1.23 bits per heavy atom. The number of carbonyl (C=O) groups is 2. The fourth-order valence-corrected chi connectivity index (χ4v) is 2.31. The first-order chi connectivity index (χ1) is 12.4. The first-order valence-electron chi connectivity index (χ1n) is 7.67. The van der Waals surface area contributed by atoms with Gasteiger partial charge in [0.15, 0.2) is 18.1 Å². The summed E-state index contributed by atoms with van der Waals surface area (Å²) in [6, 6.07) is 10.0. The lowest BCUT2D eigenvalue weighted by molar-refractivity contribution is -0.142. The average molecular weight is 420 g/mol. The third-order valence-electron chi connectivity index (χ3n) is 3.40. The molecule has 26 heavy (non-hydrogen) atoms. The van der Waals surface area contributed by atoms with E-state index in [-0.39, 0.29) is 5.75 Å². The van der Waals surface area contributed by atoms with Gasteiger partial charge in [-0.1, -0.05) is 22.0 Å². The third kappa shape index (κ3) is 5.63. The molecule has 0 aliphatic rings. The number of esters is 1. The van der Waals surface area contributed by atoms with Gasteiger partial charge in [-0.05, 0) is 54.5 Å². The van der Waals surface area contributed by atoms with Crippen molar-refractivity contribution in [2.75, 3.05) is 19.0 Å². The van der Waals surface area contributed by atoms with Crippen LogP contribution in [0.15, 0.2) is 46.9 Å². The smallest absolute Gasteiger partial charge is 0.331 e. The van der Waals surface area contributed by atoms with E-state index in [1.54, 1.807) is 18.2 Å². The lowest BCUT2D eigenvalue weighted by atomic mass is 10.2. The van der Waals surface area contributed by atoms with Crippen molar-refractivity contribution in [1.29, 1.82) is 0 Å². The Balaban J connectivity index is 1.85. The summed E-state index contributed by atoms with van der Waals surface area (Å²) < 4.78 is 10.8. The van der Waals surface area contributed by atoms with Crippen LogP contribution in [0.5, 0.6) is 11.5 Å². The summed E-state index contributed by atoms with van der Waals surface area (Å²) >= 11 is 3.38. The molecule has 0 atom stereocenters. The largest absolute Gasteiger partial charge is 0.504 e. The van der Waals surface area contributed by atoms with Crippen LogP contribution in [0.1, 0.15) is 11.1 Å². The van der Waals surface area contributed by atoms with Crippen LogP contribution >= 0.6 is 15.9 Å². The Morgan fingerprint density at radius 3 is 2.69 bits per heavy atom. The van der Waals surface area contributed by atoms with Crippen LogP contribution in [0.25, 0.3) is 6.08 Å². The molecule has 0 aliphatic carbocycles. The number of hydrogen-bond acceptors (Lipinski definition) is 5. The number of phenols is 1. The molecule has 2 N–H and O–H groups in total. The van der Waals surface area contributed by atoms with Gasteiger partial charge in [0, 0.05) is 16.2 Å². The number of amides is 1. The van der Waals surface area contributed by atoms with Gasteiger partial charge in [-0.3, -0.25) is 4.79 Å². The Bertz CT molecular complexity index is 848. The number of ether oxygens (including phenoxy) is 2. The number of anilines is 1. The SMILES string of the molecule is COc1cc(/C=C/C(=O)OCC(=O)Nc2ccc(Br)c(C)c2)ccc1O. The minimum Gasteiger partial charge on any atom is -0.504 e. The second-order valence-electron chi connectivity index (χ2n) is 5.38. The maximum atomic E-state index is 11.8. The molecule has 0 saturated heterocycles. The zero-order valence-electron chi connectivity index (χ0n) is 14.3. The molecule has 2 aromatic rings. The molecule has 0 fully saturated rings. The molecule has 2 aromatic carbocycles. The number of carbonyl (C=O) groups excluding carboxylic acids is 2. The number of methoxy groups -OCH3 is 1. The minimum absolute atomic E-state index is 0.00655. The van der Waals surface area contributed by atoms with E-state index in [1.165, 1.54) is 25.3 Å². The number of nitrogens with one attached hydrogen (secondary N) is 1. The van der Waals surface area contributed by atoms with Crippen LogP contribution in [0, 0.1) is 6.92 Å². The van der Waals surface area contributed by atoms with Gasteiger partial charge in [0.25, 0.3) is 5.91 Å². The summed E-state index contributed by atoms with van der Waals surface area (Å²) in [6.45, 7) is 1.51. The van der Waals surface area contributed by atoms with Gasteiger partial charge >= 0.3 is 5.97 Å². The molecule has 0 heterocycles. The summed E-state index contributed by atoms with van der Waals surface area (Å²) in [5.41, 5.74) is 2.25. The molecule has 136 valence electrons. The molecule has 0 aliphatic heterocycles. The van der Waals surface area contributed by atoms with Gasteiger partial charge in [0.05, 0.1) is 7.11 Å². The van der Waals surface area contributed by atoms with Crippen molar-refractivity contribution < 1.29 is 24.2 Å². The molecule has 0 aromatic heterocycles. The van der Waals surface area contributed by atoms with E-state index >= 15 is 0 Å². The highest BCUT2D eigenvalue weighted by Crippen LogP contribution is 2.26. The fraction of sp³-hybridized carbons (Fsp3) is 0.158. The minimum atomic E-state index is -0.654. The summed E-state index contributed by atoms with van der Waals surface area (Å²) in [5, 5.41) is 12.2. The molecule has 0 spiro atoms. The standard InChI is InChI=1S/C19H18BrNO5/c1-12-9-14(5-6-15(12)20)21-18(23)11-26-19(24)8-4-13-3-7-16(22)17(10-13)25-2/h3-10,22H,11H2,1-2H3,(H,21,23)/b8-4+. The van der Waals surface area contributed by atoms with Crippen molar-refractivity contribution in [2.24, 2.45) is 0 Å². The third-order valence-corrected chi connectivity index (χ3v) is 4.29. The molecule has 0 unspecified atom stereocenters. The second kappa shape index (κ2) is 9.05. The maximum absolute atomic E-state index is 11.8. The Labute approximate surface area is 159 Å². The molecule has 7 heteroatoms. The van der Waals surface area contributed by atoms with E-state index in [0.29, 0.717) is 17.0 Å². The number of benzene rings is 2. The molecule has 0 radical (unpaired) electrons. The van der Waals surface area contributed by atoms with Crippen molar-refractivity contribution in [3.05, 3.63) is 58.1 Å². The van der Waals surface area contributed by atoms with Crippen molar-refractivity contribution in [3.8, 4) is 11.5 Å². The van der Waals surface area contributed by atoms with E-state index < -0.39 is 18.5 Å². The predicted octanol–water partition coefficient (Wildman–Crippen LogP) is 3.67. The summed E-state index contributed by atoms with van der Waals surface area (Å²) in [7, 11) is 1.43. The summed E-state index contributed by atoms with van der Waals surface area (Å²) in [5.74, 6) is -0.782. The topological polar surface area (TPSA) is 84.9 Å². The van der Waals surface area contributed by atoms with E-state index in [9.17, 15) is 14.7 Å². The molecule has 2 rings (SSSR count). The zero-order valence-corrected chi connectivity index (χ0v) is 15.9. The van der Waals surface area contributed by atoms with Crippen LogP contribution in [-0.4, -0.2) is 30.7 Å². The van der Waals surface area contributed by atoms with Gasteiger partial charge in [-0.15, -0.1) is 0 Å². The fourth-order valence-electron chi connectivity index (χ4n) is 2.07. The van der Waals surface area contributed by atoms with Gasteiger partial charge in [0.2, 0.25) is 0 Å². The normalized spacial score (nSPS) is 10.6. The number of rotatable bonds is 6. The average Bonchev–Trinajstić information content (AvgIpc) is 2.62. The highest BCUT2D eigenvalue weighted by molar-refractivity contribution is 9.10. The molecular formula is C19H18BrNO5. The van der Waals surface area contributed by atoms with E-state index in [4.69, 9.17) is 9.47 Å². The first-order valence-corrected chi connectivity index (χ1v) is 8.46. The van der Waals surface area contributed by atoms with E-state index in [2.05, 4.69) is 21.2 Å². The molecule has 0 saturated carbocycles. The van der Waals surface area contributed by atoms with Crippen molar-refractivity contribution >= 4 is 39.6 Å². The molecule has 0 bridgehead atoms. The van der Waals surface area contributed by atoms with Gasteiger partial charge in [-0.25, -0.2) is 4.79 Å². The highest BCUT2D eigenvalue weighted by atomic mass is 79.9. The Morgan fingerprint density at radius 2 is 2.00 bits per heavy atom. The van der Waals surface area contributed by atoms with Crippen molar-refractivity contribution in [1.82, 2.24) is 0 Å². The second-order valence-corrected chi connectivity index (χ2v) is 6.24. The Hall–Kier alpha value is -2.80. The zero-order chi connectivity index (χ0) is 19.1. The number of aryl methyl sites for hydroxylation is 1. The number of halogens is 1. The summed E-state index contributed by atoms with van der Waals surface area (Å²) in [4.78, 5) is 23.6. The number of hydrogen-bond donors (Lipinski definition) is 2. The number of aromatic hydroxyl groups is 1. The van der Waals surface area contributed by atoms with Gasteiger partial charge < -0.3 is 19.9 Å². The predicted molar refractivity (Wildman–Crippen MR) is 102 cm³/mol. The Kier molecular flexibility index (Phi) is 6.80.